The van der Waals surface area contributed by atoms with E-state index in [2.05, 4.69) is 139 Å². The molecule has 48 heavy (non-hydrogen) atoms. The lowest BCUT2D eigenvalue weighted by molar-refractivity contribution is 0.182. The molecule has 0 fully saturated rings. The Labute approximate surface area is 288 Å². The molecule has 1 atom stereocenters. The predicted molar refractivity (Wildman–Crippen MR) is 205 cm³/mol. The molecular formula is C45H46N2O. The second-order valence-electron chi connectivity index (χ2n) is 12.2. The van der Waals surface area contributed by atoms with Crippen molar-refractivity contribution < 1.29 is 6.11 Å². The van der Waals surface area contributed by atoms with Crippen molar-refractivity contribution in [3.63, 3.8) is 0 Å². The SMILES string of the molecule is [3H]c1cccc(N(c2ccccc2)c2ccc(-c3ccc(N(c4ccccc4)c4ccc(OC(CC)CCCCCC)cc4)cc3)cc2)c1. The maximum atomic E-state index is 8.19. The highest BCUT2D eigenvalue weighted by atomic mass is 16.5. The summed E-state index contributed by atoms with van der Waals surface area (Å²) in [4.78, 5) is 4.48. The van der Waals surface area contributed by atoms with Gasteiger partial charge in [0.15, 0.2) is 0 Å². The third-order valence-corrected chi connectivity index (χ3v) is 8.79. The molecule has 3 heteroatoms. The standard InChI is InChI=1S/C45H46N2O/c1-3-5-6-16-23-44(4-2)48-45-34-32-43(33-35-45)47(40-21-14-9-15-22-40)42-30-26-37(27-31-42)36-24-28-41(29-25-36)46(38-17-10-7-11-18-38)39-19-12-8-13-20-39/h7-15,17-22,24-35,44H,3-6,16,23H2,1-2H3/i10T. The fraction of sp³-hybridized carbons (Fsp3) is 0.200. The third-order valence-electron chi connectivity index (χ3n) is 8.79. The summed E-state index contributed by atoms with van der Waals surface area (Å²) < 4.78 is 14.6. The molecule has 0 saturated carbocycles. The van der Waals surface area contributed by atoms with Gasteiger partial charge in [-0.2, -0.15) is 0 Å². The van der Waals surface area contributed by atoms with E-state index in [-0.39, 0.29) is 6.10 Å². The van der Waals surface area contributed by atoms with Crippen molar-refractivity contribution in [3.05, 3.63) is 164 Å². The maximum Gasteiger partial charge on any atom is 0.119 e. The number of anilines is 6. The van der Waals surface area contributed by atoms with E-state index in [4.69, 9.17) is 6.11 Å². The van der Waals surface area contributed by atoms with Crippen molar-refractivity contribution in [3.8, 4) is 16.9 Å². The first kappa shape index (κ1) is 31.3. The van der Waals surface area contributed by atoms with E-state index in [1.807, 2.05) is 36.4 Å². The first-order chi connectivity index (χ1) is 24.1. The molecule has 0 N–H and O–H groups in total. The lowest BCUT2D eigenvalue weighted by Gasteiger charge is -2.26. The van der Waals surface area contributed by atoms with Gasteiger partial charge in [0.05, 0.1) is 7.47 Å². The van der Waals surface area contributed by atoms with Gasteiger partial charge < -0.3 is 14.5 Å². The first-order valence-corrected chi connectivity index (χ1v) is 17.4. The zero-order valence-electron chi connectivity index (χ0n) is 29.1. The average molecular weight is 633 g/mol. The number of ether oxygens (including phenoxy) is 1. The molecule has 0 aliphatic rings. The molecule has 6 aromatic rings. The van der Waals surface area contributed by atoms with E-state index in [0.717, 1.165) is 63.8 Å². The highest BCUT2D eigenvalue weighted by Gasteiger charge is 2.15. The van der Waals surface area contributed by atoms with Crippen LogP contribution in [0.3, 0.4) is 0 Å². The molecule has 3 nitrogen and oxygen atoms in total. The lowest BCUT2D eigenvalue weighted by atomic mass is 10.0. The highest BCUT2D eigenvalue weighted by molar-refractivity contribution is 5.80. The number of rotatable bonds is 15. The minimum Gasteiger partial charge on any atom is -0.490 e. The molecule has 0 amide bonds. The van der Waals surface area contributed by atoms with E-state index in [1.165, 1.54) is 25.7 Å². The van der Waals surface area contributed by atoms with Crippen molar-refractivity contribution in [2.24, 2.45) is 0 Å². The number of para-hydroxylation sites is 3. The smallest absolute Gasteiger partial charge is 0.119 e. The van der Waals surface area contributed by atoms with Gasteiger partial charge >= 0.3 is 0 Å². The van der Waals surface area contributed by atoms with Crippen molar-refractivity contribution in [2.45, 2.75) is 58.5 Å². The monoisotopic (exact) mass is 632 g/mol. The second-order valence-corrected chi connectivity index (χ2v) is 12.2. The Balaban J connectivity index is 1.22. The molecule has 0 spiro atoms. The summed E-state index contributed by atoms with van der Waals surface area (Å²) >= 11 is 0. The molecule has 0 aromatic heterocycles. The van der Waals surface area contributed by atoms with Crippen molar-refractivity contribution in [2.75, 3.05) is 9.80 Å². The normalized spacial score (nSPS) is 11.8. The van der Waals surface area contributed by atoms with E-state index in [0.29, 0.717) is 6.04 Å². The Kier molecular flexibility index (Phi) is 10.8. The van der Waals surface area contributed by atoms with Crippen LogP contribution >= 0.6 is 0 Å². The van der Waals surface area contributed by atoms with Crippen LogP contribution in [-0.2, 0) is 0 Å². The molecule has 242 valence electrons. The van der Waals surface area contributed by atoms with Crippen molar-refractivity contribution >= 4 is 34.1 Å². The molecule has 0 aliphatic heterocycles. The lowest BCUT2D eigenvalue weighted by Crippen LogP contribution is -2.15. The molecule has 1 unspecified atom stereocenters. The van der Waals surface area contributed by atoms with Gasteiger partial charge in [-0.25, -0.2) is 0 Å². The Morgan fingerprint density at radius 1 is 0.479 bits per heavy atom. The van der Waals surface area contributed by atoms with Crippen molar-refractivity contribution in [1.82, 2.24) is 0 Å². The summed E-state index contributed by atoms with van der Waals surface area (Å²) in [6, 6.07) is 55.0. The van der Waals surface area contributed by atoms with Crippen molar-refractivity contribution in [1.29, 1.82) is 0 Å². The minimum absolute atomic E-state index is 0.255. The summed E-state index contributed by atoms with van der Waals surface area (Å²) in [6.07, 6.45) is 7.43. The van der Waals surface area contributed by atoms with E-state index < -0.39 is 0 Å². The highest BCUT2D eigenvalue weighted by Crippen LogP contribution is 2.38. The van der Waals surface area contributed by atoms with Crippen LogP contribution in [0.25, 0.3) is 11.1 Å². The molecule has 6 rings (SSSR count). The van der Waals surface area contributed by atoms with Gasteiger partial charge in [-0.3, -0.25) is 0 Å². The maximum absolute atomic E-state index is 8.19. The Hall–Kier alpha value is -5.28. The zero-order chi connectivity index (χ0) is 33.8. The molecule has 6 aromatic carbocycles. The van der Waals surface area contributed by atoms with Gasteiger partial charge in [0.25, 0.3) is 0 Å². The molecule has 0 heterocycles. The zero-order valence-corrected chi connectivity index (χ0v) is 28.1. The predicted octanol–water partition coefficient (Wildman–Crippen LogP) is 13.4. The van der Waals surface area contributed by atoms with Gasteiger partial charge in [0.1, 0.15) is 5.75 Å². The van der Waals surface area contributed by atoms with Gasteiger partial charge in [-0.05, 0) is 115 Å². The van der Waals surface area contributed by atoms with Gasteiger partial charge in [-0.1, -0.05) is 112 Å². The molecule has 0 bridgehead atoms. The van der Waals surface area contributed by atoms with E-state index in [1.54, 1.807) is 6.07 Å². The first-order valence-electron chi connectivity index (χ1n) is 17.9. The van der Waals surface area contributed by atoms with Crippen LogP contribution in [0.2, 0.25) is 0 Å². The summed E-state index contributed by atoms with van der Waals surface area (Å²) in [7, 11) is 0. The van der Waals surface area contributed by atoms with Gasteiger partial charge in [0.2, 0.25) is 0 Å². The number of hydrogen-bond acceptors (Lipinski definition) is 3. The van der Waals surface area contributed by atoms with Crippen LogP contribution in [0.5, 0.6) is 5.75 Å². The average Bonchev–Trinajstić information content (AvgIpc) is 3.15. The summed E-state index contributed by atoms with van der Waals surface area (Å²) in [5.41, 5.74) is 8.64. The number of nitrogens with zero attached hydrogens (tertiary/aromatic N) is 2. The molecule has 0 saturated heterocycles. The quantitative estimate of drug-likeness (QED) is 0.105. The summed E-state index contributed by atoms with van der Waals surface area (Å²) in [6.45, 7) is 4.47. The van der Waals surface area contributed by atoms with Gasteiger partial charge in [0, 0.05) is 34.1 Å². The van der Waals surface area contributed by atoms with Crippen LogP contribution in [0.15, 0.2) is 164 Å². The largest absolute Gasteiger partial charge is 0.490 e. The Morgan fingerprint density at radius 2 is 0.917 bits per heavy atom. The van der Waals surface area contributed by atoms with E-state index in [9.17, 15) is 0 Å². The number of hydrogen-bond donors (Lipinski definition) is 0. The van der Waals surface area contributed by atoms with Crippen LogP contribution < -0.4 is 14.5 Å². The fourth-order valence-electron chi connectivity index (χ4n) is 6.19. The second kappa shape index (κ2) is 16.5. The summed E-state index contributed by atoms with van der Waals surface area (Å²) in [5, 5.41) is 0. The minimum atomic E-state index is 0.255. The number of benzene rings is 6. The van der Waals surface area contributed by atoms with Crippen LogP contribution in [0.1, 0.15) is 53.7 Å². The molecular weight excluding hydrogens is 585 g/mol. The van der Waals surface area contributed by atoms with Crippen LogP contribution in [0.4, 0.5) is 34.1 Å². The Morgan fingerprint density at radius 3 is 1.38 bits per heavy atom. The van der Waals surface area contributed by atoms with E-state index >= 15 is 0 Å². The summed E-state index contributed by atoms with van der Waals surface area (Å²) in [5.74, 6) is 0.927. The Bertz CT molecular complexity index is 1860. The fourth-order valence-corrected chi connectivity index (χ4v) is 6.19. The van der Waals surface area contributed by atoms with Crippen LogP contribution in [0, 0.1) is 0 Å². The topological polar surface area (TPSA) is 15.7 Å². The van der Waals surface area contributed by atoms with Gasteiger partial charge in [-0.15, -0.1) is 0 Å². The molecule has 0 radical (unpaired) electrons. The van der Waals surface area contributed by atoms with Crippen LogP contribution in [-0.4, -0.2) is 6.10 Å². The molecule has 0 aliphatic carbocycles. The number of unbranched alkanes of at least 4 members (excludes halogenated alkanes) is 3. The third kappa shape index (κ3) is 8.16.